The van der Waals surface area contributed by atoms with Crippen LogP contribution in [0.5, 0.6) is 0 Å². The van der Waals surface area contributed by atoms with Crippen LogP contribution in [0.3, 0.4) is 0 Å². The molecule has 22 heavy (non-hydrogen) atoms. The lowest BCUT2D eigenvalue weighted by Crippen LogP contribution is -2.06. The van der Waals surface area contributed by atoms with Crippen LogP contribution in [0.1, 0.15) is 5.69 Å². The molecule has 0 fully saturated rings. The SMILES string of the molecule is Clc1cnc(CNc2nc3ccccc3n3nnnc23)cn1. The number of para-hydroxylation sites is 2. The molecule has 3 aromatic heterocycles. The minimum atomic E-state index is 0.358. The lowest BCUT2D eigenvalue weighted by atomic mass is 10.3. The van der Waals surface area contributed by atoms with Crippen molar-refractivity contribution in [3.63, 3.8) is 0 Å². The van der Waals surface area contributed by atoms with Gasteiger partial charge in [0.05, 0.1) is 35.7 Å². The Labute approximate surface area is 129 Å². The van der Waals surface area contributed by atoms with Crippen LogP contribution < -0.4 is 5.32 Å². The Morgan fingerprint density at radius 2 is 2.05 bits per heavy atom. The van der Waals surface area contributed by atoms with E-state index in [-0.39, 0.29) is 0 Å². The molecule has 0 bridgehead atoms. The minimum absolute atomic E-state index is 0.358. The zero-order chi connectivity index (χ0) is 14.9. The maximum absolute atomic E-state index is 5.72. The van der Waals surface area contributed by atoms with Gasteiger partial charge in [-0.3, -0.25) is 4.98 Å². The number of rotatable bonds is 3. The van der Waals surface area contributed by atoms with E-state index < -0.39 is 0 Å². The Kier molecular flexibility index (Phi) is 3.01. The highest BCUT2D eigenvalue weighted by Gasteiger charge is 2.11. The third-order valence-electron chi connectivity index (χ3n) is 3.13. The number of hydrogen-bond acceptors (Lipinski definition) is 7. The first kappa shape index (κ1) is 12.8. The predicted octanol–water partition coefficient (Wildman–Crippen LogP) is 1.73. The molecule has 0 aliphatic heterocycles. The standard InChI is InChI=1S/C13H9ClN8/c14-11-7-15-8(5-16-11)6-17-12-13-19-20-21-22(13)10-4-2-1-3-9(10)18-12/h1-5,7H,6H2,(H,17,18). The van der Waals surface area contributed by atoms with E-state index in [9.17, 15) is 0 Å². The number of halogens is 1. The predicted molar refractivity (Wildman–Crippen MR) is 80.5 cm³/mol. The molecule has 0 saturated heterocycles. The second-order valence-electron chi connectivity index (χ2n) is 4.55. The van der Waals surface area contributed by atoms with Crippen molar-refractivity contribution in [2.45, 2.75) is 6.54 Å². The van der Waals surface area contributed by atoms with Crippen LogP contribution in [0.15, 0.2) is 36.7 Å². The van der Waals surface area contributed by atoms with Crippen LogP contribution in [0.4, 0.5) is 5.82 Å². The quantitative estimate of drug-likeness (QED) is 0.615. The summed E-state index contributed by atoms with van der Waals surface area (Å²) in [4.78, 5) is 12.7. The van der Waals surface area contributed by atoms with E-state index >= 15 is 0 Å². The highest BCUT2D eigenvalue weighted by Crippen LogP contribution is 2.19. The van der Waals surface area contributed by atoms with Gasteiger partial charge in [0.25, 0.3) is 0 Å². The van der Waals surface area contributed by atoms with Gasteiger partial charge in [-0.2, -0.15) is 4.52 Å². The van der Waals surface area contributed by atoms with Crippen molar-refractivity contribution >= 4 is 34.1 Å². The minimum Gasteiger partial charge on any atom is -0.361 e. The molecule has 4 rings (SSSR count). The van der Waals surface area contributed by atoms with Gasteiger partial charge < -0.3 is 5.32 Å². The van der Waals surface area contributed by atoms with Crippen molar-refractivity contribution in [3.8, 4) is 0 Å². The van der Waals surface area contributed by atoms with E-state index in [1.807, 2.05) is 24.3 Å². The lowest BCUT2D eigenvalue weighted by molar-refractivity contribution is 0.840. The number of aromatic nitrogens is 7. The first-order valence-electron chi connectivity index (χ1n) is 6.48. The second kappa shape index (κ2) is 5.15. The molecule has 0 aliphatic rings. The molecule has 0 spiro atoms. The van der Waals surface area contributed by atoms with E-state index in [0.29, 0.717) is 23.2 Å². The summed E-state index contributed by atoms with van der Waals surface area (Å²) >= 11 is 5.72. The van der Waals surface area contributed by atoms with Crippen LogP contribution in [-0.4, -0.2) is 35.0 Å². The summed E-state index contributed by atoms with van der Waals surface area (Å²) in [5.41, 5.74) is 2.94. The van der Waals surface area contributed by atoms with Gasteiger partial charge in [-0.25, -0.2) is 9.97 Å². The lowest BCUT2D eigenvalue weighted by Gasteiger charge is -2.07. The van der Waals surface area contributed by atoms with Crippen LogP contribution in [0, 0.1) is 0 Å². The van der Waals surface area contributed by atoms with Crippen molar-refractivity contribution in [2.75, 3.05) is 5.32 Å². The van der Waals surface area contributed by atoms with Gasteiger partial charge in [0.2, 0.25) is 5.65 Å². The van der Waals surface area contributed by atoms with Gasteiger partial charge in [-0.05, 0) is 22.6 Å². The number of nitrogens with one attached hydrogen (secondary N) is 1. The van der Waals surface area contributed by atoms with Crippen molar-refractivity contribution in [2.24, 2.45) is 0 Å². The van der Waals surface area contributed by atoms with E-state index in [1.54, 1.807) is 10.7 Å². The number of fused-ring (bicyclic) bond motifs is 3. The summed E-state index contributed by atoms with van der Waals surface area (Å²) < 4.78 is 1.65. The smallest absolute Gasteiger partial charge is 0.222 e. The summed E-state index contributed by atoms with van der Waals surface area (Å²) in [7, 11) is 0. The monoisotopic (exact) mass is 312 g/mol. The molecule has 0 amide bonds. The largest absolute Gasteiger partial charge is 0.361 e. The second-order valence-corrected chi connectivity index (χ2v) is 4.93. The average Bonchev–Trinajstić information content (AvgIpc) is 3.04. The molecule has 3 heterocycles. The summed E-state index contributed by atoms with van der Waals surface area (Å²) in [6, 6.07) is 7.66. The molecule has 108 valence electrons. The van der Waals surface area contributed by atoms with Crippen LogP contribution in [-0.2, 0) is 6.54 Å². The normalized spacial score (nSPS) is 11.1. The summed E-state index contributed by atoms with van der Waals surface area (Å²) in [5.74, 6) is 0.584. The van der Waals surface area contributed by atoms with Gasteiger partial charge >= 0.3 is 0 Å². The van der Waals surface area contributed by atoms with Crippen molar-refractivity contribution in [1.82, 2.24) is 35.0 Å². The Bertz CT molecular complexity index is 949. The maximum atomic E-state index is 5.72. The van der Waals surface area contributed by atoms with Gasteiger partial charge in [-0.1, -0.05) is 23.7 Å². The molecular formula is C13H9ClN8. The number of hydrogen-bond donors (Lipinski definition) is 1. The van der Waals surface area contributed by atoms with E-state index in [4.69, 9.17) is 11.6 Å². The number of anilines is 1. The number of tetrazole rings is 1. The summed E-state index contributed by atoms with van der Waals surface area (Å²) in [6.07, 6.45) is 3.11. The van der Waals surface area contributed by atoms with E-state index in [0.717, 1.165) is 16.7 Å². The molecule has 8 nitrogen and oxygen atoms in total. The molecule has 1 N–H and O–H groups in total. The third-order valence-corrected chi connectivity index (χ3v) is 3.33. The Morgan fingerprint density at radius 3 is 2.91 bits per heavy atom. The summed E-state index contributed by atoms with van der Waals surface area (Å²) in [6.45, 7) is 0.442. The molecule has 4 aromatic rings. The first-order chi connectivity index (χ1) is 10.8. The highest BCUT2D eigenvalue weighted by atomic mass is 35.5. The Morgan fingerprint density at radius 1 is 1.14 bits per heavy atom. The topological polar surface area (TPSA) is 93.8 Å². The molecule has 0 atom stereocenters. The molecule has 0 aliphatic carbocycles. The maximum Gasteiger partial charge on any atom is 0.222 e. The third kappa shape index (κ3) is 2.19. The van der Waals surface area contributed by atoms with Gasteiger partial charge in [-0.15, -0.1) is 5.10 Å². The van der Waals surface area contributed by atoms with Gasteiger partial charge in [0.15, 0.2) is 5.82 Å². The fourth-order valence-corrected chi connectivity index (χ4v) is 2.23. The molecule has 0 radical (unpaired) electrons. The summed E-state index contributed by atoms with van der Waals surface area (Å²) in [5, 5.41) is 15.3. The zero-order valence-corrected chi connectivity index (χ0v) is 11.9. The Hall–Kier alpha value is -2.87. The number of nitrogens with zero attached hydrogens (tertiary/aromatic N) is 7. The van der Waals surface area contributed by atoms with Crippen LogP contribution >= 0.6 is 11.6 Å². The molecule has 0 saturated carbocycles. The van der Waals surface area contributed by atoms with Crippen molar-refractivity contribution in [1.29, 1.82) is 0 Å². The van der Waals surface area contributed by atoms with Crippen molar-refractivity contribution in [3.05, 3.63) is 47.5 Å². The van der Waals surface area contributed by atoms with Crippen LogP contribution in [0.25, 0.3) is 16.7 Å². The highest BCUT2D eigenvalue weighted by molar-refractivity contribution is 6.29. The van der Waals surface area contributed by atoms with E-state index in [1.165, 1.54) is 6.20 Å². The molecule has 1 aromatic carbocycles. The molecule has 9 heteroatoms. The first-order valence-corrected chi connectivity index (χ1v) is 6.86. The van der Waals surface area contributed by atoms with Crippen LogP contribution in [0.2, 0.25) is 5.15 Å². The van der Waals surface area contributed by atoms with Crippen molar-refractivity contribution < 1.29 is 0 Å². The van der Waals surface area contributed by atoms with Gasteiger partial charge in [0.1, 0.15) is 5.15 Å². The molecular weight excluding hydrogens is 304 g/mol. The zero-order valence-electron chi connectivity index (χ0n) is 11.2. The Balaban J connectivity index is 1.73. The van der Waals surface area contributed by atoms with E-state index in [2.05, 4.69) is 35.8 Å². The van der Waals surface area contributed by atoms with Gasteiger partial charge in [0, 0.05) is 0 Å². The average molecular weight is 313 g/mol. The number of benzene rings is 1. The fourth-order valence-electron chi connectivity index (χ4n) is 2.13. The molecule has 0 unspecified atom stereocenters. The fraction of sp³-hybridized carbons (Fsp3) is 0.0769.